The average molecular weight is 211 g/mol. The van der Waals surface area contributed by atoms with E-state index in [0.717, 1.165) is 0 Å². The summed E-state index contributed by atoms with van der Waals surface area (Å²) in [5.74, 6) is 0.606. The van der Waals surface area contributed by atoms with E-state index < -0.39 is 0 Å². The number of nitrogens with one attached hydrogen (secondary N) is 1. The van der Waals surface area contributed by atoms with Gasteiger partial charge in [0, 0.05) is 18.2 Å². The average Bonchev–Trinajstić information content (AvgIpc) is 2.50. The van der Waals surface area contributed by atoms with Crippen molar-refractivity contribution in [2.24, 2.45) is 5.73 Å². The van der Waals surface area contributed by atoms with Gasteiger partial charge in [0.2, 0.25) is 5.91 Å². The first-order valence-electron chi connectivity index (χ1n) is 4.86. The second-order valence-corrected chi connectivity index (χ2v) is 4.24. The summed E-state index contributed by atoms with van der Waals surface area (Å²) in [6, 6.07) is 1.75. The lowest BCUT2D eigenvalue weighted by atomic mass is 10.1. The fourth-order valence-corrected chi connectivity index (χ4v) is 1.14. The Balaban J connectivity index is 2.50. The zero-order valence-corrected chi connectivity index (χ0v) is 9.33. The largest absolute Gasteiger partial charge is 0.361 e. The third-order valence-corrected chi connectivity index (χ3v) is 2.01. The number of hydrogen-bond donors (Lipinski definition) is 2. The number of nitrogens with two attached hydrogens (primary N) is 1. The maximum Gasteiger partial charge on any atom is 0.226 e. The summed E-state index contributed by atoms with van der Waals surface area (Å²) in [4.78, 5) is 11.5. The zero-order valence-electron chi connectivity index (χ0n) is 9.33. The fourth-order valence-electron chi connectivity index (χ4n) is 1.14. The highest BCUT2D eigenvalue weighted by Gasteiger charge is 2.18. The first-order chi connectivity index (χ1) is 6.93. The van der Waals surface area contributed by atoms with Crippen molar-refractivity contribution in [3.8, 4) is 0 Å². The van der Waals surface area contributed by atoms with Crippen LogP contribution in [0.3, 0.4) is 0 Å². The van der Waals surface area contributed by atoms with Crippen molar-refractivity contribution >= 4 is 5.91 Å². The summed E-state index contributed by atoms with van der Waals surface area (Å²) in [6.45, 7) is 5.94. The highest BCUT2D eigenvalue weighted by Crippen LogP contribution is 2.04. The molecule has 0 spiro atoms. The van der Waals surface area contributed by atoms with Crippen molar-refractivity contribution in [2.45, 2.75) is 32.7 Å². The monoisotopic (exact) mass is 211 g/mol. The van der Waals surface area contributed by atoms with E-state index in [1.54, 1.807) is 13.0 Å². The quantitative estimate of drug-likeness (QED) is 0.754. The van der Waals surface area contributed by atoms with Crippen molar-refractivity contribution in [3.05, 3.63) is 17.5 Å². The van der Waals surface area contributed by atoms with Gasteiger partial charge in [-0.15, -0.1) is 0 Å². The molecule has 5 heteroatoms. The predicted molar refractivity (Wildman–Crippen MR) is 56.2 cm³/mol. The SMILES string of the molecule is Cc1cc(CC(=O)NC(C)(C)CN)no1. The van der Waals surface area contributed by atoms with Crippen LogP contribution in [0.1, 0.15) is 25.3 Å². The molecule has 1 heterocycles. The molecule has 0 aliphatic rings. The Morgan fingerprint density at radius 2 is 2.33 bits per heavy atom. The van der Waals surface area contributed by atoms with Crippen molar-refractivity contribution in [2.75, 3.05) is 6.54 Å². The van der Waals surface area contributed by atoms with Crippen molar-refractivity contribution < 1.29 is 9.32 Å². The molecular weight excluding hydrogens is 194 g/mol. The van der Waals surface area contributed by atoms with E-state index in [1.807, 2.05) is 13.8 Å². The number of nitrogens with zero attached hydrogens (tertiary/aromatic N) is 1. The second-order valence-electron chi connectivity index (χ2n) is 4.24. The van der Waals surface area contributed by atoms with Gasteiger partial charge in [0.1, 0.15) is 5.76 Å². The maximum atomic E-state index is 11.5. The second kappa shape index (κ2) is 4.44. The molecule has 0 fully saturated rings. The molecule has 3 N–H and O–H groups in total. The van der Waals surface area contributed by atoms with Gasteiger partial charge in [0.25, 0.3) is 0 Å². The first kappa shape index (κ1) is 11.7. The third-order valence-electron chi connectivity index (χ3n) is 2.01. The summed E-state index contributed by atoms with van der Waals surface area (Å²) in [6.07, 6.45) is 0.223. The number of rotatable bonds is 4. The maximum absolute atomic E-state index is 11.5. The summed E-state index contributed by atoms with van der Waals surface area (Å²) in [7, 11) is 0. The van der Waals surface area contributed by atoms with Crippen LogP contribution in [0.2, 0.25) is 0 Å². The molecule has 0 atom stereocenters. The lowest BCUT2D eigenvalue weighted by molar-refractivity contribution is -0.122. The van der Waals surface area contributed by atoms with Crippen LogP contribution in [-0.2, 0) is 11.2 Å². The van der Waals surface area contributed by atoms with Gasteiger partial charge in [-0.2, -0.15) is 0 Å². The van der Waals surface area contributed by atoms with Crippen LogP contribution in [0, 0.1) is 6.92 Å². The Labute approximate surface area is 89.0 Å². The van der Waals surface area contributed by atoms with Gasteiger partial charge in [-0.25, -0.2) is 0 Å². The van der Waals surface area contributed by atoms with Crippen molar-refractivity contribution in [1.82, 2.24) is 10.5 Å². The van der Waals surface area contributed by atoms with Crippen molar-refractivity contribution in [3.63, 3.8) is 0 Å². The van der Waals surface area contributed by atoms with E-state index in [4.69, 9.17) is 10.3 Å². The van der Waals surface area contributed by atoms with Crippen LogP contribution < -0.4 is 11.1 Å². The van der Waals surface area contributed by atoms with E-state index in [-0.39, 0.29) is 17.9 Å². The molecule has 1 aromatic rings. The summed E-state index contributed by atoms with van der Waals surface area (Å²) >= 11 is 0. The molecule has 0 aliphatic carbocycles. The molecule has 0 saturated heterocycles. The molecule has 0 aliphatic heterocycles. The smallest absolute Gasteiger partial charge is 0.226 e. The minimum Gasteiger partial charge on any atom is -0.361 e. The van der Waals surface area contributed by atoms with Gasteiger partial charge in [0.05, 0.1) is 12.1 Å². The number of hydrogen-bond acceptors (Lipinski definition) is 4. The zero-order chi connectivity index (χ0) is 11.5. The Morgan fingerprint density at radius 3 is 2.80 bits per heavy atom. The number of aryl methyl sites for hydroxylation is 1. The first-order valence-corrected chi connectivity index (χ1v) is 4.86. The molecule has 0 bridgehead atoms. The molecule has 1 amide bonds. The molecule has 1 aromatic heterocycles. The molecule has 0 unspecified atom stereocenters. The van der Waals surface area contributed by atoms with Crippen LogP contribution in [0.4, 0.5) is 0 Å². The normalized spacial score (nSPS) is 11.5. The lowest BCUT2D eigenvalue weighted by Crippen LogP contribution is -2.49. The number of carbonyl (C=O) groups is 1. The van der Waals surface area contributed by atoms with E-state index in [1.165, 1.54) is 0 Å². The van der Waals surface area contributed by atoms with Crippen LogP contribution >= 0.6 is 0 Å². The van der Waals surface area contributed by atoms with Crippen LogP contribution in [0.15, 0.2) is 10.6 Å². The molecule has 84 valence electrons. The van der Waals surface area contributed by atoms with Crippen molar-refractivity contribution in [1.29, 1.82) is 0 Å². The Bertz CT molecular complexity index is 344. The van der Waals surface area contributed by atoms with Crippen LogP contribution in [0.5, 0.6) is 0 Å². The van der Waals surface area contributed by atoms with E-state index in [0.29, 0.717) is 18.0 Å². The van der Waals surface area contributed by atoms with Gasteiger partial charge in [-0.3, -0.25) is 4.79 Å². The molecule has 0 radical (unpaired) electrons. The predicted octanol–water partition coefficient (Wildman–Crippen LogP) is 0.379. The Hall–Kier alpha value is -1.36. The van der Waals surface area contributed by atoms with Crippen LogP contribution in [0.25, 0.3) is 0 Å². The molecule has 1 rings (SSSR count). The third kappa shape index (κ3) is 3.71. The fraction of sp³-hybridized carbons (Fsp3) is 0.600. The van der Waals surface area contributed by atoms with Gasteiger partial charge >= 0.3 is 0 Å². The summed E-state index contributed by atoms with van der Waals surface area (Å²) in [5.41, 5.74) is 5.76. The molecule has 15 heavy (non-hydrogen) atoms. The number of carbonyl (C=O) groups excluding carboxylic acids is 1. The minimum atomic E-state index is -0.379. The number of amides is 1. The van der Waals surface area contributed by atoms with E-state index in [2.05, 4.69) is 10.5 Å². The van der Waals surface area contributed by atoms with E-state index in [9.17, 15) is 4.79 Å². The summed E-state index contributed by atoms with van der Waals surface area (Å²) in [5, 5.41) is 6.56. The molecular formula is C10H17N3O2. The highest BCUT2D eigenvalue weighted by atomic mass is 16.5. The molecule has 5 nitrogen and oxygen atoms in total. The minimum absolute atomic E-state index is 0.0984. The highest BCUT2D eigenvalue weighted by molar-refractivity contribution is 5.78. The Morgan fingerprint density at radius 1 is 1.67 bits per heavy atom. The number of aromatic nitrogens is 1. The topological polar surface area (TPSA) is 81.2 Å². The van der Waals surface area contributed by atoms with Gasteiger partial charge in [-0.1, -0.05) is 5.16 Å². The summed E-state index contributed by atoms with van der Waals surface area (Å²) < 4.78 is 4.87. The standard InChI is InChI=1S/C10H17N3O2/c1-7-4-8(13-15-7)5-9(14)12-10(2,3)6-11/h4H,5-6,11H2,1-3H3,(H,12,14). The Kier molecular flexibility index (Phi) is 3.47. The molecule has 0 saturated carbocycles. The van der Waals surface area contributed by atoms with Crippen LogP contribution in [-0.4, -0.2) is 23.1 Å². The van der Waals surface area contributed by atoms with Gasteiger partial charge in [-0.05, 0) is 20.8 Å². The molecule has 0 aromatic carbocycles. The van der Waals surface area contributed by atoms with Gasteiger partial charge in [0.15, 0.2) is 0 Å². The van der Waals surface area contributed by atoms with Gasteiger partial charge < -0.3 is 15.6 Å². The lowest BCUT2D eigenvalue weighted by Gasteiger charge is -2.23. The van der Waals surface area contributed by atoms with E-state index >= 15 is 0 Å².